The van der Waals surface area contributed by atoms with E-state index in [9.17, 15) is 14.4 Å². The first-order valence-electron chi connectivity index (χ1n) is 5.92. The molecular formula is C13H13ClN2O3. The van der Waals surface area contributed by atoms with Crippen LogP contribution in [-0.4, -0.2) is 30.7 Å². The van der Waals surface area contributed by atoms with Crippen molar-refractivity contribution >= 4 is 35.4 Å². The average Bonchev–Trinajstić information content (AvgIpc) is 2.37. The third-order valence-electron chi connectivity index (χ3n) is 3.10. The summed E-state index contributed by atoms with van der Waals surface area (Å²) in [5.41, 5.74) is 0.808. The Hall–Kier alpha value is -1.88. The average molecular weight is 281 g/mol. The van der Waals surface area contributed by atoms with Gasteiger partial charge in [0.15, 0.2) is 6.29 Å². The van der Waals surface area contributed by atoms with Gasteiger partial charge in [-0.1, -0.05) is 24.6 Å². The van der Waals surface area contributed by atoms with Crippen LogP contribution in [0.15, 0.2) is 18.2 Å². The molecule has 1 saturated heterocycles. The molecular weight excluding hydrogens is 268 g/mol. The molecule has 1 aromatic rings. The van der Waals surface area contributed by atoms with Gasteiger partial charge in [0.05, 0.1) is 17.1 Å². The molecule has 0 bridgehead atoms. The van der Waals surface area contributed by atoms with Crippen molar-refractivity contribution < 1.29 is 14.4 Å². The van der Waals surface area contributed by atoms with Crippen molar-refractivity contribution in [3.63, 3.8) is 0 Å². The molecule has 6 heteroatoms. The molecule has 1 fully saturated rings. The van der Waals surface area contributed by atoms with E-state index in [1.807, 2.05) is 6.92 Å². The van der Waals surface area contributed by atoms with Crippen molar-refractivity contribution in [2.24, 2.45) is 0 Å². The number of rotatable bonds is 3. The van der Waals surface area contributed by atoms with Crippen molar-refractivity contribution in [3.05, 3.63) is 28.8 Å². The second kappa shape index (κ2) is 5.40. The minimum absolute atomic E-state index is 0.0332. The summed E-state index contributed by atoms with van der Waals surface area (Å²) in [4.78, 5) is 36.1. The van der Waals surface area contributed by atoms with Gasteiger partial charge in [0.2, 0.25) is 11.8 Å². The summed E-state index contributed by atoms with van der Waals surface area (Å²) in [6.07, 6.45) is 1.17. The Morgan fingerprint density at radius 1 is 1.47 bits per heavy atom. The van der Waals surface area contributed by atoms with E-state index in [2.05, 4.69) is 5.32 Å². The Kier molecular flexibility index (Phi) is 3.85. The fraction of sp³-hybridized carbons (Fsp3) is 0.308. The number of hydrogen-bond acceptors (Lipinski definition) is 4. The second-order valence-corrected chi connectivity index (χ2v) is 4.66. The molecule has 1 heterocycles. The Labute approximate surface area is 115 Å². The lowest BCUT2D eigenvalue weighted by atomic mass is 10.1. The number of hydrogen-bond donors (Lipinski definition) is 1. The van der Waals surface area contributed by atoms with Crippen LogP contribution in [0.25, 0.3) is 0 Å². The van der Waals surface area contributed by atoms with Gasteiger partial charge in [0.1, 0.15) is 6.04 Å². The van der Waals surface area contributed by atoms with Crippen LogP contribution >= 0.6 is 11.6 Å². The van der Waals surface area contributed by atoms with Crippen molar-refractivity contribution in [3.8, 4) is 0 Å². The molecule has 1 aliphatic heterocycles. The van der Waals surface area contributed by atoms with Crippen molar-refractivity contribution in [2.45, 2.75) is 19.4 Å². The van der Waals surface area contributed by atoms with Gasteiger partial charge in [-0.15, -0.1) is 0 Å². The summed E-state index contributed by atoms with van der Waals surface area (Å²) >= 11 is 5.97. The molecule has 1 unspecified atom stereocenters. The van der Waals surface area contributed by atoms with Gasteiger partial charge in [-0.2, -0.15) is 0 Å². The number of piperazine rings is 1. The summed E-state index contributed by atoms with van der Waals surface area (Å²) in [6.45, 7) is 1.88. The molecule has 19 heavy (non-hydrogen) atoms. The summed E-state index contributed by atoms with van der Waals surface area (Å²) in [7, 11) is 0. The van der Waals surface area contributed by atoms with Crippen LogP contribution in [-0.2, 0) is 9.59 Å². The summed E-state index contributed by atoms with van der Waals surface area (Å²) < 4.78 is 0. The van der Waals surface area contributed by atoms with E-state index in [4.69, 9.17) is 11.6 Å². The number of anilines is 1. The molecule has 2 amide bonds. The summed E-state index contributed by atoms with van der Waals surface area (Å²) in [5, 5.41) is 2.60. The topological polar surface area (TPSA) is 66.5 Å². The number of aldehydes is 1. The third-order valence-corrected chi connectivity index (χ3v) is 3.43. The molecule has 0 aromatic heterocycles. The lowest BCUT2D eigenvalue weighted by Crippen LogP contribution is -2.58. The first kappa shape index (κ1) is 13.5. The number of nitrogens with zero attached hydrogens (tertiary/aromatic N) is 1. The van der Waals surface area contributed by atoms with Crippen LogP contribution in [0, 0.1) is 0 Å². The van der Waals surface area contributed by atoms with Crippen LogP contribution in [0.1, 0.15) is 23.7 Å². The van der Waals surface area contributed by atoms with E-state index < -0.39 is 6.04 Å². The van der Waals surface area contributed by atoms with E-state index in [0.29, 0.717) is 29.0 Å². The van der Waals surface area contributed by atoms with E-state index in [1.165, 1.54) is 0 Å². The molecule has 1 atom stereocenters. The highest BCUT2D eigenvalue weighted by molar-refractivity contribution is 6.33. The highest BCUT2D eigenvalue weighted by atomic mass is 35.5. The van der Waals surface area contributed by atoms with Gasteiger partial charge >= 0.3 is 0 Å². The minimum atomic E-state index is -0.477. The molecule has 0 aliphatic carbocycles. The zero-order valence-electron chi connectivity index (χ0n) is 10.4. The fourth-order valence-electron chi connectivity index (χ4n) is 2.22. The molecule has 2 rings (SSSR count). The van der Waals surface area contributed by atoms with Gasteiger partial charge in [-0.25, -0.2) is 0 Å². The Morgan fingerprint density at radius 2 is 2.21 bits per heavy atom. The lowest BCUT2D eigenvalue weighted by molar-refractivity contribution is -0.132. The zero-order valence-corrected chi connectivity index (χ0v) is 11.1. The van der Waals surface area contributed by atoms with Crippen LogP contribution < -0.4 is 10.2 Å². The Balaban J connectivity index is 2.49. The fourth-order valence-corrected chi connectivity index (χ4v) is 2.43. The first-order valence-corrected chi connectivity index (χ1v) is 6.30. The maximum absolute atomic E-state index is 11.8. The monoisotopic (exact) mass is 280 g/mol. The number of amides is 2. The number of nitrogens with one attached hydrogen (secondary N) is 1. The van der Waals surface area contributed by atoms with Crippen molar-refractivity contribution in [1.29, 1.82) is 0 Å². The number of imide groups is 1. The maximum Gasteiger partial charge on any atom is 0.249 e. The molecule has 0 saturated carbocycles. The van der Waals surface area contributed by atoms with Gasteiger partial charge in [0, 0.05) is 5.69 Å². The quantitative estimate of drug-likeness (QED) is 0.671. The number of benzene rings is 1. The van der Waals surface area contributed by atoms with Crippen molar-refractivity contribution in [1.82, 2.24) is 5.32 Å². The van der Waals surface area contributed by atoms with Crippen molar-refractivity contribution in [2.75, 3.05) is 11.4 Å². The highest BCUT2D eigenvalue weighted by Gasteiger charge is 2.33. The molecule has 1 aliphatic rings. The van der Waals surface area contributed by atoms with Gasteiger partial charge in [-0.3, -0.25) is 19.7 Å². The smallest absolute Gasteiger partial charge is 0.249 e. The van der Waals surface area contributed by atoms with Gasteiger partial charge < -0.3 is 4.90 Å². The van der Waals surface area contributed by atoms with E-state index in [1.54, 1.807) is 23.1 Å². The number of halogens is 1. The minimum Gasteiger partial charge on any atom is -0.350 e. The van der Waals surface area contributed by atoms with E-state index in [0.717, 1.165) is 0 Å². The highest BCUT2D eigenvalue weighted by Crippen LogP contribution is 2.29. The van der Waals surface area contributed by atoms with Crippen LogP contribution in [0.5, 0.6) is 0 Å². The zero-order chi connectivity index (χ0) is 14.0. The largest absolute Gasteiger partial charge is 0.350 e. The first-order chi connectivity index (χ1) is 9.08. The molecule has 100 valence electrons. The Bertz CT molecular complexity index is 545. The predicted molar refractivity (Wildman–Crippen MR) is 71.4 cm³/mol. The maximum atomic E-state index is 11.8. The molecule has 1 aromatic carbocycles. The predicted octanol–water partition coefficient (Wildman–Crippen LogP) is 1.39. The molecule has 5 nitrogen and oxygen atoms in total. The standard InChI is InChI=1S/C13H13ClN2O3/c1-2-10-13(19)15-12(18)6-16(10)11-5-3-4-9(14)8(11)7-17/h3-5,7,10H,2,6H2,1H3,(H,15,18,19). The van der Waals surface area contributed by atoms with Crippen LogP contribution in [0.3, 0.4) is 0 Å². The van der Waals surface area contributed by atoms with Gasteiger partial charge in [-0.05, 0) is 18.6 Å². The molecule has 1 N–H and O–H groups in total. The number of carbonyl (C=O) groups is 3. The van der Waals surface area contributed by atoms with Gasteiger partial charge in [0.25, 0.3) is 0 Å². The molecule has 0 radical (unpaired) electrons. The third kappa shape index (κ3) is 2.46. The van der Waals surface area contributed by atoms with Crippen LogP contribution in [0.4, 0.5) is 5.69 Å². The summed E-state index contributed by atoms with van der Waals surface area (Å²) in [5.74, 6) is -0.734. The van der Waals surface area contributed by atoms with Crippen LogP contribution in [0.2, 0.25) is 5.02 Å². The number of carbonyl (C=O) groups excluding carboxylic acids is 3. The van der Waals surface area contributed by atoms with E-state index >= 15 is 0 Å². The second-order valence-electron chi connectivity index (χ2n) is 4.25. The SMILES string of the molecule is CCC1C(=O)NC(=O)CN1c1cccc(Cl)c1C=O. The molecule has 0 spiro atoms. The lowest BCUT2D eigenvalue weighted by Gasteiger charge is -2.35. The summed E-state index contributed by atoms with van der Waals surface area (Å²) in [6, 6.07) is 4.50. The van der Waals surface area contributed by atoms with E-state index in [-0.39, 0.29) is 18.4 Å². The normalized spacial score (nSPS) is 19.3. The Morgan fingerprint density at radius 3 is 2.84 bits per heavy atom.